The predicted octanol–water partition coefficient (Wildman–Crippen LogP) is 6.23. The monoisotopic (exact) mass is 566 g/mol. The second-order valence-corrected chi connectivity index (χ2v) is 10.6. The average molecular weight is 567 g/mol. The molecule has 1 amide bonds. The van der Waals surface area contributed by atoms with Crippen molar-refractivity contribution in [2.24, 2.45) is 10.1 Å². The lowest BCUT2D eigenvalue weighted by Gasteiger charge is -2.20. The molecule has 38 heavy (non-hydrogen) atoms. The molecule has 2 aliphatic heterocycles. The van der Waals surface area contributed by atoms with E-state index in [4.69, 9.17) is 31.2 Å². The van der Waals surface area contributed by atoms with Gasteiger partial charge in [-0.3, -0.25) is 10.2 Å². The van der Waals surface area contributed by atoms with Gasteiger partial charge < -0.3 is 14.2 Å². The van der Waals surface area contributed by atoms with Crippen molar-refractivity contribution in [3.63, 3.8) is 0 Å². The van der Waals surface area contributed by atoms with Crippen LogP contribution in [0.15, 0.2) is 69.6 Å². The average Bonchev–Trinajstić information content (AvgIpc) is 3.59. The minimum atomic E-state index is -0.480. The molecule has 11 heteroatoms. The first-order chi connectivity index (χ1) is 18.4. The molecule has 0 saturated heterocycles. The SMILES string of the molecule is COc1cc(C=C2C(=N)N3N=C(c4cccs4)SC3=NC2=O)ccc1OCCCOc1ccc(Cl)c(C)c1. The summed E-state index contributed by atoms with van der Waals surface area (Å²) < 4.78 is 17.2. The van der Waals surface area contributed by atoms with Crippen molar-refractivity contribution in [1.82, 2.24) is 5.01 Å². The van der Waals surface area contributed by atoms with Crippen LogP contribution in [0.5, 0.6) is 17.2 Å². The summed E-state index contributed by atoms with van der Waals surface area (Å²) in [7, 11) is 1.55. The van der Waals surface area contributed by atoms with Crippen molar-refractivity contribution in [2.45, 2.75) is 13.3 Å². The van der Waals surface area contributed by atoms with Gasteiger partial charge in [-0.25, -0.2) is 0 Å². The Balaban J connectivity index is 1.22. The van der Waals surface area contributed by atoms with E-state index < -0.39 is 5.91 Å². The Morgan fingerprint density at radius 1 is 1.11 bits per heavy atom. The van der Waals surface area contributed by atoms with Gasteiger partial charge in [0.2, 0.25) is 5.17 Å². The summed E-state index contributed by atoms with van der Waals surface area (Å²) in [5.74, 6) is 1.36. The molecule has 0 unspecified atom stereocenters. The van der Waals surface area contributed by atoms with E-state index in [0.29, 0.717) is 46.9 Å². The number of thiophene rings is 1. The summed E-state index contributed by atoms with van der Waals surface area (Å²) >= 11 is 8.88. The van der Waals surface area contributed by atoms with Gasteiger partial charge in [0.15, 0.2) is 17.3 Å². The van der Waals surface area contributed by atoms with E-state index in [9.17, 15) is 4.79 Å². The molecule has 3 heterocycles. The summed E-state index contributed by atoms with van der Waals surface area (Å²) in [4.78, 5) is 17.9. The lowest BCUT2D eigenvalue weighted by atomic mass is 10.1. The normalized spacial score (nSPS) is 15.9. The molecule has 1 aromatic heterocycles. The number of halogens is 1. The molecule has 0 aliphatic carbocycles. The standard InChI is InChI=1S/C27H23ClN4O4S2/c1-16-13-18(7-8-20(16)28)35-10-4-11-36-21-9-6-17(15-22(21)34-2)14-19-24(29)32-27(30-25(19)33)38-26(31-32)23-5-3-12-37-23/h3,5-9,12-15,29H,4,10-11H2,1-2H3. The number of fused-ring (bicyclic) bond motifs is 1. The minimum absolute atomic E-state index is 0.0192. The number of thioether (sulfide) groups is 1. The first-order valence-electron chi connectivity index (χ1n) is 11.7. The number of carbonyl (C=O) groups is 1. The van der Waals surface area contributed by atoms with E-state index in [2.05, 4.69) is 10.1 Å². The number of benzene rings is 2. The summed E-state index contributed by atoms with van der Waals surface area (Å²) in [5, 5.41) is 18.3. The highest BCUT2D eigenvalue weighted by Gasteiger charge is 2.36. The van der Waals surface area contributed by atoms with Crippen LogP contribution in [0.4, 0.5) is 0 Å². The Kier molecular flexibility index (Phi) is 7.82. The molecule has 0 radical (unpaired) electrons. The van der Waals surface area contributed by atoms with E-state index in [1.165, 1.54) is 16.8 Å². The van der Waals surface area contributed by atoms with Crippen molar-refractivity contribution >= 4 is 62.7 Å². The number of hydrazone groups is 1. The van der Waals surface area contributed by atoms with Crippen molar-refractivity contribution < 1.29 is 19.0 Å². The first-order valence-corrected chi connectivity index (χ1v) is 13.7. The third kappa shape index (κ3) is 5.62. The largest absolute Gasteiger partial charge is 0.493 e. The maximum absolute atomic E-state index is 12.7. The Morgan fingerprint density at radius 3 is 2.71 bits per heavy atom. The Morgan fingerprint density at radius 2 is 1.95 bits per heavy atom. The quantitative estimate of drug-likeness (QED) is 0.243. The van der Waals surface area contributed by atoms with Crippen LogP contribution >= 0.6 is 34.7 Å². The number of amidine groups is 2. The molecule has 2 aromatic carbocycles. The molecule has 0 bridgehead atoms. The Labute approximate surface area is 233 Å². The van der Waals surface area contributed by atoms with Gasteiger partial charge in [0.1, 0.15) is 10.8 Å². The highest BCUT2D eigenvalue weighted by atomic mass is 35.5. The number of amides is 1. The van der Waals surface area contributed by atoms with Crippen LogP contribution in [-0.4, -0.2) is 47.3 Å². The molecule has 1 N–H and O–H groups in total. The second kappa shape index (κ2) is 11.4. The lowest BCUT2D eigenvalue weighted by molar-refractivity contribution is -0.114. The van der Waals surface area contributed by atoms with Gasteiger partial charge in [0.25, 0.3) is 5.91 Å². The summed E-state index contributed by atoms with van der Waals surface area (Å²) in [6.45, 7) is 2.86. The number of hydrogen-bond donors (Lipinski definition) is 1. The van der Waals surface area contributed by atoms with Gasteiger partial charge >= 0.3 is 0 Å². The molecule has 0 spiro atoms. The third-order valence-electron chi connectivity index (χ3n) is 5.63. The fourth-order valence-corrected chi connectivity index (χ4v) is 5.49. The molecule has 0 fully saturated rings. The molecular formula is C27H23ClN4O4S2. The Bertz CT molecular complexity index is 1480. The number of methoxy groups -OCH3 is 1. The lowest BCUT2D eigenvalue weighted by Crippen LogP contribution is -2.35. The Hall–Kier alpha value is -3.60. The fraction of sp³-hybridized carbons (Fsp3) is 0.185. The van der Waals surface area contributed by atoms with Gasteiger partial charge in [0, 0.05) is 11.4 Å². The summed E-state index contributed by atoms with van der Waals surface area (Å²) in [6, 6.07) is 14.8. The number of hydrogen-bond acceptors (Lipinski definition) is 8. The number of rotatable bonds is 9. The molecule has 8 nitrogen and oxygen atoms in total. The topological polar surface area (TPSA) is 96.6 Å². The maximum Gasteiger partial charge on any atom is 0.283 e. The fourth-order valence-electron chi connectivity index (χ4n) is 3.69. The van der Waals surface area contributed by atoms with Gasteiger partial charge in [-0.05, 0) is 77.7 Å². The molecular weight excluding hydrogens is 544 g/mol. The van der Waals surface area contributed by atoms with Gasteiger partial charge in [-0.2, -0.15) is 15.1 Å². The van der Waals surface area contributed by atoms with Crippen molar-refractivity contribution in [2.75, 3.05) is 20.3 Å². The molecule has 194 valence electrons. The second-order valence-electron chi connectivity index (χ2n) is 8.27. The van der Waals surface area contributed by atoms with E-state index in [1.54, 1.807) is 42.7 Å². The van der Waals surface area contributed by atoms with Crippen molar-refractivity contribution in [1.29, 1.82) is 5.41 Å². The number of nitrogens with one attached hydrogen (secondary N) is 1. The van der Waals surface area contributed by atoms with Gasteiger partial charge in [-0.1, -0.05) is 23.7 Å². The van der Waals surface area contributed by atoms with Crippen LogP contribution in [0, 0.1) is 12.3 Å². The van der Waals surface area contributed by atoms with Crippen LogP contribution in [0.25, 0.3) is 6.08 Å². The zero-order valence-corrected chi connectivity index (χ0v) is 23.0. The van der Waals surface area contributed by atoms with Gasteiger partial charge in [-0.15, -0.1) is 11.3 Å². The molecule has 0 saturated carbocycles. The van der Waals surface area contributed by atoms with E-state index in [1.807, 2.05) is 42.6 Å². The van der Waals surface area contributed by atoms with Gasteiger partial charge in [0.05, 0.1) is 30.8 Å². The molecule has 3 aromatic rings. The van der Waals surface area contributed by atoms with Crippen LogP contribution in [0.3, 0.4) is 0 Å². The van der Waals surface area contributed by atoms with Crippen LogP contribution in [0.1, 0.15) is 22.4 Å². The molecule has 0 atom stereocenters. The third-order valence-corrected chi connectivity index (χ3v) is 8.00. The van der Waals surface area contributed by atoms with Crippen LogP contribution in [0.2, 0.25) is 5.02 Å². The molecule has 2 aliphatic rings. The highest BCUT2D eigenvalue weighted by Crippen LogP contribution is 2.33. The van der Waals surface area contributed by atoms with E-state index in [-0.39, 0.29) is 11.4 Å². The molecule has 5 rings (SSSR count). The van der Waals surface area contributed by atoms with Crippen LogP contribution in [-0.2, 0) is 4.79 Å². The number of carbonyl (C=O) groups excluding carboxylic acids is 1. The summed E-state index contributed by atoms with van der Waals surface area (Å²) in [5.41, 5.74) is 1.79. The maximum atomic E-state index is 12.7. The number of nitrogens with zero attached hydrogens (tertiary/aromatic N) is 3. The van der Waals surface area contributed by atoms with Crippen molar-refractivity contribution in [3.05, 3.63) is 80.5 Å². The minimum Gasteiger partial charge on any atom is -0.493 e. The number of aliphatic imine (C=N–C) groups is 1. The predicted molar refractivity (Wildman–Crippen MR) is 153 cm³/mol. The van der Waals surface area contributed by atoms with Crippen LogP contribution < -0.4 is 14.2 Å². The smallest absolute Gasteiger partial charge is 0.283 e. The zero-order chi connectivity index (χ0) is 26.6. The van der Waals surface area contributed by atoms with E-state index in [0.717, 1.165) is 21.2 Å². The summed E-state index contributed by atoms with van der Waals surface area (Å²) in [6.07, 6.45) is 2.28. The number of ether oxygens (including phenoxy) is 3. The first kappa shape index (κ1) is 26.0. The zero-order valence-electron chi connectivity index (χ0n) is 20.6. The van der Waals surface area contributed by atoms with Crippen molar-refractivity contribution in [3.8, 4) is 17.2 Å². The highest BCUT2D eigenvalue weighted by molar-refractivity contribution is 8.27. The number of aryl methyl sites for hydroxylation is 1. The van der Waals surface area contributed by atoms with E-state index >= 15 is 0 Å².